The van der Waals surface area contributed by atoms with Gasteiger partial charge >= 0.3 is 0 Å². The molecule has 0 aliphatic rings. The van der Waals surface area contributed by atoms with Crippen LogP contribution in [0.3, 0.4) is 0 Å². The Hall–Kier alpha value is -0.860. The summed E-state index contributed by atoms with van der Waals surface area (Å²) in [6, 6.07) is 8.66. The zero-order valence-corrected chi connectivity index (χ0v) is 12.2. The first-order chi connectivity index (χ1) is 8.57. The average molecular weight is 249 g/mol. The SMILES string of the molecule is CCOC(CC)(CC)C(N)Cc1ccc(C)cc1. The summed E-state index contributed by atoms with van der Waals surface area (Å²) in [5, 5.41) is 0. The van der Waals surface area contributed by atoms with Gasteiger partial charge in [-0.2, -0.15) is 0 Å². The molecule has 0 aliphatic carbocycles. The predicted molar refractivity (Wildman–Crippen MR) is 77.8 cm³/mol. The Labute approximate surface area is 112 Å². The smallest absolute Gasteiger partial charge is 0.0830 e. The maximum absolute atomic E-state index is 6.41. The van der Waals surface area contributed by atoms with Crippen LogP contribution >= 0.6 is 0 Å². The number of rotatable bonds is 7. The summed E-state index contributed by atoms with van der Waals surface area (Å²) in [7, 11) is 0. The van der Waals surface area contributed by atoms with Gasteiger partial charge in [0, 0.05) is 12.6 Å². The maximum atomic E-state index is 6.41. The van der Waals surface area contributed by atoms with Crippen molar-refractivity contribution in [3.05, 3.63) is 35.4 Å². The van der Waals surface area contributed by atoms with E-state index in [9.17, 15) is 0 Å². The molecule has 0 radical (unpaired) electrons. The second kappa shape index (κ2) is 6.91. The van der Waals surface area contributed by atoms with Crippen molar-refractivity contribution in [1.29, 1.82) is 0 Å². The van der Waals surface area contributed by atoms with E-state index < -0.39 is 0 Å². The van der Waals surface area contributed by atoms with Crippen LogP contribution in [0.5, 0.6) is 0 Å². The highest BCUT2D eigenvalue weighted by Gasteiger charge is 2.33. The summed E-state index contributed by atoms with van der Waals surface area (Å²) in [4.78, 5) is 0. The molecule has 0 spiro atoms. The van der Waals surface area contributed by atoms with Gasteiger partial charge in [0.05, 0.1) is 5.60 Å². The summed E-state index contributed by atoms with van der Waals surface area (Å²) in [5.41, 5.74) is 8.80. The number of hydrogen-bond acceptors (Lipinski definition) is 2. The molecule has 0 bridgehead atoms. The summed E-state index contributed by atoms with van der Waals surface area (Å²) >= 11 is 0. The first-order valence-corrected chi connectivity index (χ1v) is 7.03. The van der Waals surface area contributed by atoms with Gasteiger partial charge in [0.1, 0.15) is 0 Å². The third-order valence-corrected chi connectivity index (χ3v) is 3.88. The lowest BCUT2D eigenvalue weighted by molar-refractivity contribution is -0.0633. The Morgan fingerprint density at radius 1 is 1.11 bits per heavy atom. The Morgan fingerprint density at radius 3 is 2.11 bits per heavy atom. The summed E-state index contributed by atoms with van der Waals surface area (Å²) < 4.78 is 5.96. The minimum atomic E-state index is -0.181. The van der Waals surface area contributed by atoms with Crippen LogP contribution in [0.25, 0.3) is 0 Å². The van der Waals surface area contributed by atoms with Gasteiger partial charge in [-0.3, -0.25) is 0 Å². The third kappa shape index (κ3) is 3.56. The third-order valence-electron chi connectivity index (χ3n) is 3.88. The van der Waals surface area contributed by atoms with Crippen LogP contribution in [-0.4, -0.2) is 18.2 Å². The standard InChI is InChI=1S/C16H27NO/c1-5-16(6-2,18-7-3)15(17)12-14-10-8-13(4)9-11-14/h8-11,15H,5-7,12,17H2,1-4H3. The van der Waals surface area contributed by atoms with E-state index in [1.807, 2.05) is 6.92 Å². The summed E-state index contributed by atoms with van der Waals surface area (Å²) in [6.45, 7) is 9.19. The summed E-state index contributed by atoms with van der Waals surface area (Å²) in [6.07, 6.45) is 2.80. The van der Waals surface area contributed by atoms with Crippen LogP contribution in [0.1, 0.15) is 44.7 Å². The Balaban J connectivity index is 2.77. The number of benzene rings is 1. The monoisotopic (exact) mass is 249 g/mol. The van der Waals surface area contributed by atoms with Crippen molar-refractivity contribution in [2.45, 2.75) is 58.6 Å². The van der Waals surface area contributed by atoms with E-state index >= 15 is 0 Å². The molecule has 0 fully saturated rings. The van der Waals surface area contributed by atoms with Crippen LogP contribution in [0.4, 0.5) is 0 Å². The van der Waals surface area contributed by atoms with E-state index in [0.29, 0.717) is 0 Å². The summed E-state index contributed by atoms with van der Waals surface area (Å²) in [5.74, 6) is 0. The van der Waals surface area contributed by atoms with Gasteiger partial charge in [0.15, 0.2) is 0 Å². The first-order valence-electron chi connectivity index (χ1n) is 7.03. The van der Waals surface area contributed by atoms with Gasteiger partial charge in [-0.15, -0.1) is 0 Å². The fraction of sp³-hybridized carbons (Fsp3) is 0.625. The number of nitrogens with two attached hydrogens (primary N) is 1. The van der Waals surface area contributed by atoms with Crippen molar-refractivity contribution < 1.29 is 4.74 Å². The van der Waals surface area contributed by atoms with Crippen LogP contribution < -0.4 is 5.73 Å². The molecule has 0 saturated heterocycles. The molecule has 2 N–H and O–H groups in total. The molecule has 102 valence electrons. The van der Waals surface area contributed by atoms with E-state index in [0.717, 1.165) is 25.9 Å². The lowest BCUT2D eigenvalue weighted by Gasteiger charge is -2.37. The Kier molecular flexibility index (Phi) is 5.83. The molecule has 1 rings (SSSR count). The van der Waals surface area contributed by atoms with Crippen LogP contribution in [0.15, 0.2) is 24.3 Å². The van der Waals surface area contributed by atoms with Gasteiger partial charge < -0.3 is 10.5 Å². The Morgan fingerprint density at radius 2 is 1.67 bits per heavy atom. The van der Waals surface area contributed by atoms with Crippen molar-refractivity contribution in [1.82, 2.24) is 0 Å². The number of ether oxygens (including phenoxy) is 1. The fourth-order valence-electron chi connectivity index (χ4n) is 2.54. The lowest BCUT2D eigenvalue weighted by Crippen LogP contribution is -2.50. The van der Waals surface area contributed by atoms with Crippen LogP contribution in [-0.2, 0) is 11.2 Å². The van der Waals surface area contributed by atoms with Crippen molar-refractivity contribution in [3.63, 3.8) is 0 Å². The molecule has 1 atom stereocenters. The highest BCUT2D eigenvalue weighted by Crippen LogP contribution is 2.26. The predicted octanol–water partition coefficient (Wildman–Crippen LogP) is 3.46. The lowest BCUT2D eigenvalue weighted by atomic mass is 9.85. The van der Waals surface area contributed by atoms with E-state index in [-0.39, 0.29) is 11.6 Å². The largest absolute Gasteiger partial charge is 0.374 e. The molecule has 2 heteroatoms. The minimum Gasteiger partial charge on any atom is -0.374 e. The van der Waals surface area contributed by atoms with E-state index in [2.05, 4.69) is 45.0 Å². The topological polar surface area (TPSA) is 35.2 Å². The molecular formula is C16H27NO. The zero-order valence-electron chi connectivity index (χ0n) is 12.2. The fourth-order valence-corrected chi connectivity index (χ4v) is 2.54. The molecule has 0 amide bonds. The molecular weight excluding hydrogens is 222 g/mol. The van der Waals surface area contributed by atoms with E-state index in [1.54, 1.807) is 0 Å². The van der Waals surface area contributed by atoms with Crippen molar-refractivity contribution in [2.75, 3.05) is 6.61 Å². The molecule has 0 heterocycles. The molecule has 0 saturated carbocycles. The van der Waals surface area contributed by atoms with Crippen LogP contribution in [0, 0.1) is 6.92 Å². The molecule has 1 unspecified atom stereocenters. The highest BCUT2D eigenvalue weighted by atomic mass is 16.5. The highest BCUT2D eigenvalue weighted by molar-refractivity contribution is 5.22. The maximum Gasteiger partial charge on any atom is 0.0830 e. The molecule has 1 aromatic rings. The quantitative estimate of drug-likeness (QED) is 0.803. The molecule has 0 aromatic heterocycles. The van der Waals surface area contributed by atoms with E-state index in [4.69, 9.17) is 10.5 Å². The van der Waals surface area contributed by atoms with Gasteiger partial charge in [-0.1, -0.05) is 43.7 Å². The molecule has 18 heavy (non-hydrogen) atoms. The number of hydrogen-bond donors (Lipinski definition) is 1. The first kappa shape index (κ1) is 15.2. The van der Waals surface area contributed by atoms with Gasteiger partial charge in [0.2, 0.25) is 0 Å². The number of aryl methyl sites for hydroxylation is 1. The van der Waals surface area contributed by atoms with E-state index in [1.165, 1.54) is 11.1 Å². The van der Waals surface area contributed by atoms with Gasteiger partial charge in [0.25, 0.3) is 0 Å². The van der Waals surface area contributed by atoms with Crippen molar-refractivity contribution >= 4 is 0 Å². The second-order valence-electron chi connectivity index (χ2n) is 5.00. The normalized spacial score (nSPS) is 13.6. The average Bonchev–Trinajstić information content (AvgIpc) is 2.38. The molecule has 1 aromatic carbocycles. The molecule has 2 nitrogen and oxygen atoms in total. The van der Waals surface area contributed by atoms with Crippen LogP contribution in [0.2, 0.25) is 0 Å². The second-order valence-corrected chi connectivity index (χ2v) is 5.00. The van der Waals surface area contributed by atoms with Crippen molar-refractivity contribution in [3.8, 4) is 0 Å². The Bertz CT molecular complexity index is 341. The van der Waals surface area contributed by atoms with Gasteiger partial charge in [-0.05, 0) is 38.7 Å². The van der Waals surface area contributed by atoms with Crippen molar-refractivity contribution in [2.24, 2.45) is 5.73 Å². The van der Waals surface area contributed by atoms with Gasteiger partial charge in [-0.25, -0.2) is 0 Å². The zero-order chi connectivity index (χ0) is 13.6. The molecule has 0 aliphatic heterocycles. The minimum absolute atomic E-state index is 0.0511.